The SMILES string of the molecule is C=C/C(=C(/F)C(=C)C)C(F)(F)COC. The third-order valence-corrected chi connectivity index (χ3v) is 1.53. The predicted molar refractivity (Wildman–Crippen MR) is 50.0 cm³/mol. The molecular formula is C10H13F3O. The van der Waals surface area contributed by atoms with Crippen LogP contribution in [0, 0.1) is 0 Å². The van der Waals surface area contributed by atoms with E-state index >= 15 is 0 Å². The summed E-state index contributed by atoms with van der Waals surface area (Å²) in [5, 5.41) is 0. The highest BCUT2D eigenvalue weighted by atomic mass is 19.3. The Kier molecular flexibility index (Phi) is 4.63. The van der Waals surface area contributed by atoms with Crippen molar-refractivity contribution in [1.82, 2.24) is 0 Å². The molecule has 0 rings (SSSR count). The Labute approximate surface area is 81.6 Å². The Morgan fingerprint density at radius 3 is 2.29 bits per heavy atom. The van der Waals surface area contributed by atoms with Crippen LogP contribution < -0.4 is 0 Å². The molecule has 0 spiro atoms. The van der Waals surface area contributed by atoms with E-state index < -0.39 is 23.9 Å². The molecule has 0 aliphatic rings. The summed E-state index contributed by atoms with van der Waals surface area (Å²) in [5.41, 5.74) is -0.845. The van der Waals surface area contributed by atoms with E-state index in [2.05, 4.69) is 17.9 Å². The van der Waals surface area contributed by atoms with Crippen LogP contribution in [0.15, 0.2) is 36.2 Å². The van der Waals surface area contributed by atoms with Crippen molar-refractivity contribution < 1.29 is 17.9 Å². The van der Waals surface area contributed by atoms with Crippen LogP contribution in [0.25, 0.3) is 0 Å². The van der Waals surface area contributed by atoms with Crippen LogP contribution in [-0.4, -0.2) is 19.6 Å². The zero-order chi connectivity index (χ0) is 11.4. The summed E-state index contributed by atoms with van der Waals surface area (Å²) in [6.45, 7) is 6.81. The molecule has 1 nitrogen and oxygen atoms in total. The first kappa shape index (κ1) is 13.0. The fourth-order valence-corrected chi connectivity index (χ4v) is 0.888. The summed E-state index contributed by atoms with van der Waals surface area (Å²) < 4.78 is 43.8. The molecule has 0 atom stereocenters. The molecule has 0 radical (unpaired) electrons. The van der Waals surface area contributed by atoms with Gasteiger partial charge in [0.1, 0.15) is 12.4 Å². The lowest BCUT2D eigenvalue weighted by Crippen LogP contribution is -2.25. The molecule has 0 unspecified atom stereocenters. The maximum absolute atomic E-state index is 13.2. The lowest BCUT2D eigenvalue weighted by atomic mass is 10.1. The fraction of sp³-hybridized carbons (Fsp3) is 0.400. The van der Waals surface area contributed by atoms with Crippen molar-refractivity contribution in [3.05, 3.63) is 36.2 Å². The third-order valence-electron chi connectivity index (χ3n) is 1.53. The molecule has 0 aliphatic carbocycles. The Balaban J connectivity index is 5.16. The molecule has 0 saturated heterocycles. The quantitative estimate of drug-likeness (QED) is 0.627. The van der Waals surface area contributed by atoms with Crippen LogP contribution in [0.5, 0.6) is 0 Å². The first-order valence-electron chi connectivity index (χ1n) is 3.92. The van der Waals surface area contributed by atoms with Gasteiger partial charge in [-0.25, -0.2) is 4.39 Å². The van der Waals surface area contributed by atoms with Crippen LogP contribution in [0.2, 0.25) is 0 Å². The molecule has 80 valence electrons. The maximum Gasteiger partial charge on any atom is 0.298 e. The highest BCUT2D eigenvalue weighted by Gasteiger charge is 2.35. The minimum atomic E-state index is -3.38. The molecule has 0 aromatic carbocycles. The summed E-state index contributed by atoms with van der Waals surface area (Å²) in [6, 6.07) is 0. The Morgan fingerprint density at radius 1 is 1.50 bits per heavy atom. The van der Waals surface area contributed by atoms with Crippen LogP contribution in [0.1, 0.15) is 6.92 Å². The van der Waals surface area contributed by atoms with Gasteiger partial charge in [-0.05, 0) is 12.5 Å². The summed E-state index contributed by atoms with van der Waals surface area (Å²) in [6.07, 6.45) is 0.781. The fourth-order valence-electron chi connectivity index (χ4n) is 0.888. The highest BCUT2D eigenvalue weighted by molar-refractivity contribution is 5.36. The van der Waals surface area contributed by atoms with Gasteiger partial charge >= 0.3 is 0 Å². The van der Waals surface area contributed by atoms with Crippen molar-refractivity contribution in [3.8, 4) is 0 Å². The van der Waals surface area contributed by atoms with E-state index in [1.165, 1.54) is 6.92 Å². The Bertz CT molecular complexity index is 267. The number of hydrogen-bond acceptors (Lipinski definition) is 1. The van der Waals surface area contributed by atoms with Crippen molar-refractivity contribution >= 4 is 0 Å². The average molecular weight is 206 g/mol. The molecule has 0 fully saturated rings. The molecule has 0 aromatic heterocycles. The molecule has 0 amide bonds. The van der Waals surface area contributed by atoms with Gasteiger partial charge in [-0.1, -0.05) is 19.2 Å². The maximum atomic E-state index is 13.2. The van der Waals surface area contributed by atoms with Crippen LogP contribution in [-0.2, 0) is 4.74 Å². The second-order valence-corrected chi connectivity index (χ2v) is 2.85. The van der Waals surface area contributed by atoms with Gasteiger partial charge in [-0.15, -0.1) is 0 Å². The lowest BCUT2D eigenvalue weighted by Gasteiger charge is -2.17. The minimum Gasteiger partial charge on any atom is -0.378 e. The monoisotopic (exact) mass is 206 g/mol. The first-order chi connectivity index (χ1) is 6.36. The van der Waals surface area contributed by atoms with Gasteiger partial charge in [0.15, 0.2) is 0 Å². The largest absolute Gasteiger partial charge is 0.378 e. The highest BCUT2D eigenvalue weighted by Crippen LogP contribution is 2.30. The Hall–Kier alpha value is -1.03. The van der Waals surface area contributed by atoms with E-state index in [-0.39, 0.29) is 5.57 Å². The van der Waals surface area contributed by atoms with Gasteiger partial charge in [0.05, 0.1) is 5.57 Å². The number of alkyl halides is 2. The average Bonchev–Trinajstić information content (AvgIpc) is 2.04. The number of ether oxygens (including phenoxy) is 1. The van der Waals surface area contributed by atoms with E-state index in [4.69, 9.17) is 0 Å². The Morgan fingerprint density at radius 2 is 2.00 bits per heavy atom. The normalized spacial score (nSPS) is 13.5. The number of hydrogen-bond donors (Lipinski definition) is 0. The van der Waals surface area contributed by atoms with E-state index in [1.54, 1.807) is 0 Å². The van der Waals surface area contributed by atoms with E-state index in [1.807, 2.05) is 0 Å². The smallest absolute Gasteiger partial charge is 0.298 e. The number of allylic oxidation sites excluding steroid dienone is 3. The molecule has 0 aromatic rings. The molecule has 0 heterocycles. The molecular weight excluding hydrogens is 193 g/mol. The zero-order valence-corrected chi connectivity index (χ0v) is 8.24. The topological polar surface area (TPSA) is 9.23 Å². The molecule has 14 heavy (non-hydrogen) atoms. The summed E-state index contributed by atoms with van der Waals surface area (Å²) in [4.78, 5) is 0. The number of methoxy groups -OCH3 is 1. The van der Waals surface area contributed by atoms with Crippen molar-refractivity contribution in [3.63, 3.8) is 0 Å². The van der Waals surface area contributed by atoms with Crippen molar-refractivity contribution in [2.75, 3.05) is 13.7 Å². The molecule has 0 aliphatic heterocycles. The summed E-state index contributed by atoms with van der Waals surface area (Å²) >= 11 is 0. The first-order valence-corrected chi connectivity index (χ1v) is 3.92. The predicted octanol–water partition coefficient (Wildman–Crippen LogP) is 3.25. The second kappa shape index (κ2) is 5.00. The van der Waals surface area contributed by atoms with Gasteiger partial charge in [0.2, 0.25) is 0 Å². The van der Waals surface area contributed by atoms with E-state index in [0.717, 1.165) is 13.2 Å². The zero-order valence-electron chi connectivity index (χ0n) is 8.24. The van der Waals surface area contributed by atoms with E-state index in [0.29, 0.717) is 0 Å². The van der Waals surface area contributed by atoms with Gasteiger partial charge in [-0.3, -0.25) is 0 Å². The van der Waals surface area contributed by atoms with Gasteiger partial charge < -0.3 is 4.74 Å². The minimum absolute atomic E-state index is 0.0596. The van der Waals surface area contributed by atoms with Crippen LogP contribution >= 0.6 is 0 Å². The van der Waals surface area contributed by atoms with Crippen LogP contribution in [0.3, 0.4) is 0 Å². The molecule has 0 N–H and O–H groups in total. The summed E-state index contributed by atoms with van der Waals surface area (Å²) in [7, 11) is 1.12. The summed E-state index contributed by atoms with van der Waals surface area (Å²) in [5.74, 6) is -4.42. The second-order valence-electron chi connectivity index (χ2n) is 2.85. The lowest BCUT2D eigenvalue weighted by molar-refractivity contribution is -0.0316. The van der Waals surface area contributed by atoms with Crippen molar-refractivity contribution in [2.24, 2.45) is 0 Å². The van der Waals surface area contributed by atoms with Crippen LogP contribution in [0.4, 0.5) is 13.2 Å². The molecule has 0 bridgehead atoms. The van der Waals surface area contributed by atoms with Crippen molar-refractivity contribution in [2.45, 2.75) is 12.8 Å². The molecule has 0 saturated carbocycles. The van der Waals surface area contributed by atoms with Gasteiger partial charge in [0, 0.05) is 7.11 Å². The van der Waals surface area contributed by atoms with Gasteiger partial charge in [0.25, 0.3) is 5.92 Å². The number of rotatable bonds is 5. The van der Waals surface area contributed by atoms with Crippen molar-refractivity contribution in [1.29, 1.82) is 0 Å². The number of halogens is 3. The molecule has 4 heteroatoms. The third kappa shape index (κ3) is 3.03. The van der Waals surface area contributed by atoms with Gasteiger partial charge in [-0.2, -0.15) is 8.78 Å². The standard InChI is InChI=1S/C10H13F3O/c1-5-8(9(11)7(2)3)10(12,13)6-14-4/h5H,1-2,6H2,3-4H3/b9-8-. The van der Waals surface area contributed by atoms with E-state index in [9.17, 15) is 13.2 Å².